The lowest BCUT2D eigenvalue weighted by Crippen LogP contribution is -2.25. The van der Waals surface area contributed by atoms with Crippen LogP contribution < -0.4 is 16.0 Å². The van der Waals surface area contributed by atoms with E-state index in [9.17, 15) is 9.59 Å². The van der Waals surface area contributed by atoms with Crippen molar-refractivity contribution in [3.8, 4) is 0 Å². The molecule has 0 aliphatic rings. The first-order chi connectivity index (χ1) is 11.7. The molecule has 5 heteroatoms. The Labute approximate surface area is 142 Å². The number of amides is 2. The number of hydrogen-bond donors (Lipinski definition) is 3. The van der Waals surface area contributed by atoms with Gasteiger partial charge in [0.1, 0.15) is 0 Å². The third-order valence-electron chi connectivity index (χ3n) is 3.45. The number of rotatable bonds is 8. The molecule has 126 valence electrons. The van der Waals surface area contributed by atoms with Crippen molar-refractivity contribution in [2.24, 2.45) is 0 Å². The second kappa shape index (κ2) is 9.35. The lowest BCUT2D eigenvalue weighted by molar-refractivity contribution is -0.114. The third-order valence-corrected chi connectivity index (χ3v) is 3.45. The first kappa shape index (κ1) is 17.5. The lowest BCUT2D eigenvalue weighted by Gasteiger charge is -2.09. The molecule has 5 nitrogen and oxygen atoms in total. The van der Waals surface area contributed by atoms with Crippen LogP contribution in [0.4, 0.5) is 11.4 Å². The summed E-state index contributed by atoms with van der Waals surface area (Å²) in [4.78, 5) is 24.0. The second-order valence-corrected chi connectivity index (χ2v) is 5.46. The molecule has 0 atom stereocenters. The van der Waals surface area contributed by atoms with Crippen LogP contribution in [0.5, 0.6) is 0 Å². The van der Waals surface area contributed by atoms with Gasteiger partial charge in [-0.1, -0.05) is 37.6 Å². The molecule has 2 rings (SSSR count). The van der Waals surface area contributed by atoms with Gasteiger partial charge >= 0.3 is 0 Å². The summed E-state index contributed by atoms with van der Waals surface area (Å²) >= 11 is 0. The highest BCUT2D eigenvalue weighted by Gasteiger charge is 2.06. The van der Waals surface area contributed by atoms with Crippen LogP contribution in [0, 0.1) is 0 Å². The van der Waals surface area contributed by atoms with Crippen LogP contribution in [0.15, 0.2) is 54.6 Å². The van der Waals surface area contributed by atoms with Crippen LogP contribution >= 0.6 is 0 Å². The van der Waals surface area contributed by atoms with Crippen LogP contribution in [-0.4, -0.2) is 24.9 Å². The summed E-state index contributed by atoms with van der Waals surface area (Å²) < 4.78 is 0. The van der Waals surface area contributed by atoms with Crippen molar-refractivity contribution < 1.29 is 9.59 Å². The molecule has 0 heterocycles. The molecule has 0 unspecified atom stereocenters. The predicted octanol–water partition coefficient (Wildman–Crippen LogP) is 3.27. The molecule has 24 heavy (non-hydrogen) atoms. The molecular formula is C19H23N3O2. The molecule has 0 spiro atoms. The van der Waals surface area contributed by atoms with Crippen molar-refractivity contribution in [3.63, 3.8) is 0 Å². The molecule has 2 aromatic rings. The van der Waals surface area contributed by atoms with E-state index in [4.69, 9.17) is 0 Å². The smallest absolute Gasteiger partial charge is 0.251 e. The quantitative estimate of drug-likeness (QED) is 0.652. The molecular weight excluding hydrogens is 302 g/mol. The average Bonchev–Trinajstić information content (AvgIpc) is 2.61. The van der Waals surface area contributed by atoms with Gasteiger partial charge in [0.05, 0.1) is 6.54 Å². The van der Waals surface area contributed by atoms with Gasteiger partial charge in [0.25, 0.3) is 5.91 Å². The molecule has 0 bridgehead atoms. The van der Waals surface area contributed by atoms with E-state index in [0.29, 0.717) is 12.1 Å². The van der Waals surface area contributed by atoms with Gasteiger partial charge in [0.15, 0.2) is 0 Å². The summed E-state index contributed by atoms with van der Waals surface area (Å²) in [5, 5.41) is 8.72. The summed E-state index contributed by atoms with van der Waals surface area (Å²) in [5.41, 5.74) is 2.08. The van der Waals surface area contributed by atoms with E-state index in [0.717, 1.165) is 24.2 Å². The van der Waals surface area contributed by atoms with E-state index >= 15 is 0 Å². The normalized spacial score (nSPS) is 10.0. The summed E-state index contributed by atoms with van der Waals surface area (Å²) in [6, 6.07) is 16.4. The van der Waals surface area contributed by atoms with Gasteiger partial charge < -0.3 is 16.0 Å². The third kappa shape index (κ3) is 5.76. The van der Waals surface area contributed by atoms with Gasteiger partial charge in [-0.15, -0.1) is 0 Å². The molecule has 2 aromatic carbocycles. The minimum Gasteiger partial charge on any atom is -0.376 e. The molecule has 0 fully saturated rings. The van der Waals surface area contributed by atoms with E-state index in [2.05, 4.69) is 22.9 Å². The number of unbranched alkanes of at least 4 members (excludes halogenated alkanes) is 1. The van der Waals surface area contributed by atoms with Crippen molar-refractivity contribution in [1.82, 2.24) is 5.32 Å². The zero-order valence-corrected chi connectivity index (χ0v) is 13.8. The van der Waals surface area contributed by atoms with Crippen LogP contribution in [0.1, 0.15) is 30.1 Å². The fourth-order valence-corrected chi connectivity index (χ4v) is 2.16. The Balaban J connectivity index is 1.85. The van der Waals surface area contributed by atoms with Gasteiger partial charge in [-0.2, -0.15) is 0 Å². The monoisotopic (exact) mass is 325 g/mol. The number of benzene rings is 2. The molecule has 3 N–H and O–H groups in total. The number of hydrogen-bond acceptors (Lipinski definition) is 3. The van der Waals surface area contributed by atoms with E-state index in [-0.39, 0.29) is 18.4 Å². The number of carbonyl (C=O) groups excluding carboxylic acids is 2. The van der Waals surface area contributed by atoms with Gasteiger partial charge in [0.2, 0.25) is 5.91 Å². The molecule has 0 aliphatic carbocycles. The maximum absolute atomic E-state index is 12.0. The van der Waals surface area contributed by atoms with E-state index in [1.54, 1.807) is 18.2 Å². The van der Waals surface area contributed by atoms with E-state index < -0.39 is 0 Å². The van der Waals surface area contributed by atoms with Crippen LogP contribution in [0.2, 0.25) is 0 Å². The Kier molecular flexibility index (Phi) is 6.83. The number of carbonyl (C=O) groups is 2. The summed E-state index contributed by atoms with van der Waals surface area (Å²) in [7, 11) is 0. The SMILES string of the molecule is CCCCNC(=O)c1cccc(NCC(=O)Nc2ccccc2)c1. The lowest BCUT2D eigenvalue weighted by atomic mass is 10.2. The van der Waals surface area contributed by atoms with E-state index in [1.165, 1.54) is 0 Å². The largest absolute Gasteiger partial charge is 0.376 e. The van der Waals surface area contributed by atoms with Crippen molar-refractivity contribution in [1.29, 1.82) is 0 Å². The maximum Gasteiger partial charge on any atom is 0.251 e. The summed E-state index contributed by atoms with van der Waals surface area (Å²) in [6.45, 7) is 2.89. The van der Waals surface area contributed by atoms with E-state index in [1.807, 2.05) is 36.4 Å². The Morgan fingerprint density at radius 2 is 1.71 bits per heavy atom. The van der Waals surface area contributed by atoms with Crippen molar-refractivity contribution in [3.05, 3.63) is 60.2 Å². The average molecular weight is 325 g/mol. The Morgan fingerprint density at radius 1 is 0.958 bits per heavy atom. The Morgan fingerprint density at radius 3 is 2.46 bits per heavy atom. The first-order valence-corrected chi connectivity index (χ1v) is 8.16. The Bertz CT molecular complexity index is 671. The zero-order valence-electron chi connectivity index (χ0n) is 13.8. The first-order valence-electron chi connectivity index (χ1n) is 8.16. The van der Waals surface area contributed by atoms with Crippen molar-refractivity contribution in [2.45, 2.75) is 19.8 Å². The minimum absolute atomic E-state index is 0.0964. The number of nitrogens with one attached hydrogen (secondary N) is 3. The molecule has 0 aromatic heterocycles. The molecule has 2 amide bonds. The highest BCUT2D eigenvalue weighted by Crippen LogP contribution is 2.11. The number of anilines is 2. The fourth-order valence-electron chi connectivity index (χ4n) is 2.16. The Hall–Kier alpha value is -2.82. The van der Waals surface area contributed by atoms with Crippen molar-refractivity contribution >= 4 is 23.2 Å². The highest BCUT2D eigenvalue weighted by atomic mass is 16.2. The standard InChI is InChI=1S/C19H23N3O2/c1-2-3-12-20-19(24)15-8-7-11-17(13-15)21-14-18(23)22-16-9-5-4-6-10-16/h4-11,13,21H,2-3,12,14H2,1H3,(H,20,24)(H,22,23). The predicted molar refractivity (Wildman–Crippen MR) is 97.2 cm³/mol. The highest BCUT2D eigenvalue weighted by molar-refractivity contribution is 5.96. The van der Waals surface area contributed by atoms with Gasteiger partial charge in [-0.3, -0.25) is 9.59 Å². The second-order valence-electron chi connectivity index (χ2n) is 5.46. The van der Waals surface area contributed by atoms with Gasteiger partial charge in [-0.05, 0) is 36.8 Å². The number of para-hydroxylation sites is 1. The minimum atomic E-state index is -0.140. The molecule has 0 saturated carbocycles. The van der Waals surface area contributed by atoms with Crippen LogP contribution in [0.25, 0.3) is 0 Å². The van der Waals surface area contributed by atoms with Crippen molar-refractivity contribution in [2.75, 3.05) is 23.7 Å². The fraction of sp³-hybridized carbons (Fsp3) is 0.263. The summed E-state index contributed by atoms with van der Waals surface area (Å²) in [6.07, 6.45) is 2.00. The molecule has 0 radical (unpaired) electrons. The zero-order chi connectivity index (χ0) is 17.2. The maximum atomic E-state index is 12.0. The van der Waals surface area contributed by atoms with Crippen LogP contribution in [0.3, 0.4) is 0 Å². The molecule has 0 aliphatic heterocycles. The van der Waals surface area contributed by atoms with Crippen LogP contribution in [-0.2, 0) is 4.79 Å². The topological polar surface area (TPSA) is 70.2 Å². The van der Waals surface area contributed by atoms with Gasteiger partial charge in [-0.25, -0.2) is 0 Å². The summed E-state index contributed by atoms with van der Waals surface area (Å²) in [5.74, 6) is -0.236. The van der Waals surface area contributed by atoms with Gasteiger partial charge in [0, 0.05) is 23.5 Å². The molecule has 0 saturated heterocycles.